The summed E-state index contributed by atoms with van der Waals surface area (Å²) >= 11 is 0. The molecule has 100 valence electrons. The van der Waals surface area contributed by atoms with Gasteiger partial charge in [-0.3, -0.25) is 9.63 Å². The van der Waals surface area contributed by atoms with Gasteiger partial charge in [-0.1, -0.05) is 19.8 Å². The van der Waals surface area contributed by atoms with Crippen LogP contribution in [0.25, 0.3) is 0 Å². The van der Waals surface area contributed by atoms with E-state index in [1.807, 2.05) is 0 Å². The Kier molecular flexibility index (Phi) is 7.21. The van der Waals surface area contributed by atoms with Crippen LogP contribution >= 0.6 is 0 Å². The maximum absolute atomic E-state index is 10.9. The molecule has 1 saturated heterocycles. The number of carbonyl (C=O) groups is 1. The Balaban J connectivity index is 2.04. The molecule has 1 rings (SSSR count). The SMILES string of the molecule is CCCC[C@@H]1CC[C@@H](CCCC(=O)OC)NO1. The van der Waals surface area contributed by atoms with Crippen molar-refractivity contribution in [1.29, 1.82) is 0 Å². The highest BCUT2D eigenvalue weighted by Crippen LogP contribution is 2.19. The zero-order chi connectivity index (χ0) is 12.5. The van der Waals surface area contributed by atoms with E-state index in [1.54, 1.807) is 0 Å². The van der Waals surface area contributed by atoms with E-state index in [4.69, 9.17) is 4.84 Å². The Bertz CT molecular complexity index is 213. The second kappa shape index (κ2) is 8.48. The monoisotopic (exact) mass is 243 g/mol. The number of esters is 1. The summed E-state index contributed by atoms with van der Waals surface area (Å²) < 4.78 is 4.61. The van der Waals surface area contributed by atoms with E-state index in [1.165, 1.54) is 20.0 Å². The molecule has 0 saturated carbocycles. The molecule has 17 heavy (non-hydrogen) atoms. The van der Waals surface area contributed by atoms with E-state index in [0.717, 1.165) is 32.1 Å². The van der Waals surface area contributed by atoms with Crippen LogP contribution in [0, 0.1) is 0 Å². The fourth-order valence-corrected chi connectivity index (χ4v) is 2.13. The maximum Gasteiger partial charge on any atom is 0.305 e. The smallest absolute Gasteiger partial charge is 0.305 e. The van der Waals surface area contributed by atoms with Gasteiger partial charge < -0.3 is 4.74 Å². The predicted molar refractivity (Wildman–Crippen MR) is 66.4 cm³/mol. The highest BCUT2D eigenvalue weighted by molar-refractivity contribution is 5.68. The standard InChI is InChI=1S/C13H25NO3/c1-3-4-7-12-10-9-11(14-17-12)6-5-8-13(15)16-2/h11-12,14H,3-10H2,1-2H3/t11-,12-/m1/s1. The van der Waals surface area contributed by atoms with Gasteiger partial charge in [-0.2, -0.15) is 5.48 Å². The van der Waals surface area contributed by atoms with Crippen molar-refractivity contribution in [2.24, 2.45) is 0 Å². The molecule has 0 spiro atoms. The second-order valence-electron chi connectivity index (χ2n) is 4.74. The topological polar surface area (TPSA) is 47.6 Å². The molecule has 0 unspecified atom stereocenters. The van der Waals surface area contributed by atoms with Crippen molar-refractivity contribution in [2.75, 3.05) is 7.11 Å². The third-order valence-corrected chi connectivity index (χ3v) is 3.28. The number of carbonyl (C=O) groups excluding carboxylic acids is 1. The normalized spacial score (nSPS) is 24.6. The Hall–Kier alpha value is -0.610. The third kappa shape index (κ3) is 6.03. The van der Waals surface area contributed by atoms with Crippen molar-refractivity contribution in [1.82, 2.24) is 5.48 Å². The fourth-order valence-electron chi connectivity index (χ4n) is 2.13. The predicted octanol–water partition coefficient (Wildman–Crippen LogP) is 2.57. The van der Waals surface area contributed by atoms with Crippen LogP contribution in [-0.4, -0.2) is 25.2 Å². The molecule has 0 aliphatic carbocycles. The fraction of sp³-hybridized carbons (Fsp3) is 0.923. The lowest BCUT2D eigenvalue weighted by Gasteiger charge is -2.29. The lowest BCUT2D eigenvalue weighted by Crippen LogP contribution is -2.39. The van der Waals surface area contributed by atoms with E-state index >= 15 is 0 Å². The van der Waals surface area contributed by atoms with E-state index < -0.39 is 0 Å². The molecule has 0 radical (unpaired) electrons. The van der Waals surface area contributed by atoms with Crippen molar-refractivity contribution in [3.8, 4) is 0 Å². The van der Waals surface area contributed by atoms with Crippen LogP contribution in [0.4, 0.5) is 0 Å². The lowest BCUT2D eigenvalue weighted by atomic mass is 9.99. The summed E-state index contributed by atoms with van der Waals surface area (Å²) in [7, 11) is 1.43. The number of unbranched alkanes of at least 4 members (excludes halogenated alkanes) is 1. The molecule has 2 atom stereocenters. The Morgan fingerprint density at radius 2 is 2.18 bits per heavy atom. The van der Waals surface area contributed by atoms with Crippen LogP contribution in [0.15, 0.2) is 0 Å². The highest BCUT2D eigenvalue weighted by Gasteiger charge is 2.20. The Labute approximate surface area is 104 Å². The third-order valence-electron chi connectivity index (χ3n) is 3.28. The molecular weight excluding hydrogens is 218 g/mol. The van der Waals surface area contributed by atoms with Crippen LogP contribution in [0.5, 0.6) is 0 Å². The van der Waals surface area contributed by atoms with Gasteiger partial charge in [-0.15, -0.1) is 0 Å². The largest absolute Gasteiger partial charge is 0.469 e. The Morgan fingerprint density at radius 1 is 1.35 bits per heavy atom. The van der Waals surface area contributed by atoms with Crippen LogP contribution in [-0.2, 0) is 14.4 Å². The summed E-state index contributed by atoms with van der Waals surface area (Å²) in [6.45, 7) is 2.20. The molecule has 1 N–H and O–H groups in total. The summed E-state index contributed by atoms with van der Waals surface area (Å²) in [5, 5.41) is 0. The van der Waals surface area contributed by atoms with Gasteiger partial charge >= 0.3 is 5.97 Å². The van der Waals surface area contributed by atoms with Gasteiger partial charge in [-0.25, -0.2) is 0 Å². The van der Waals surface area contributed by atoms with Crippen molar-refractivity contribution >= 4 is 5.97 Å². The van der Waals surface area contributed by atoms with Crippen molar-refractivity contribution in [3.05, 3.63) is 0 Å². The van der Waals surface area contributed by atoms with Crippen molar-refractivity contribution in [2.45, 2.75) is 70.4 Å². The minimum atomic E-state index is -0.123. The molecule has 1 heterocycles. The molecule has 4 nitrogen and oxygen atoms in total. The average Bonchev–Trinajstić information content (AvgIpc) is 2.37. The number of methoxy groups -OCH3 is 1. The van der Waals surface area contributed by atoms with Gasteiger partial charge in [0.05, 0.1) is 13.2 Å². The van der Waals surface area contributed by atoms with E-state index in [0.29, 0.717) is 18.6 Å². The number of hydroxylamine groups is 1. The number of hydrogen-bond donors (Lipinski definition) is 1. The van der Waals surface area contributed by atoms with Crippen molar-refractivity contribution in [3.63, 3.8) is 0 Å². The summed E-state index contributed by atoms with van der Waals surface area (Å²) in [6, 6.07) is 0.400. The second-order valence-corrected chi connectivity index (χ2v) is 4.74. The number of hydrogen-bond acceptors (Lipinski definition) is 4. The van der Waals surface area contributed by atoms with Gasteiger partial charge in [-0.05, 0) is 32.1 Å². The molecule has 1 aliphatic heterocycles. The number of ether oxygens (including phenoxy) is 1. The highest BCUT2D eigenvalue weighted by atomic mass is 16.7. The van der Waals surface area contributed by atoms with Crippen LogP contribution in [0.2, 0.25) is 0 Å². The van der Waals surface area contributed by atoms with Crippen molar-refractivity contribution < 1.29 is 14.4 Å². The Morgan fingerprint density at radius 3 is 2.76 bits per heavy atom. The minimum Gasteiger partial charge on any atom is -0.469 e. The van der Waals surface area contributed by atoms with Gasteiger partial charge in [0.1, 0.15) is 0 Å². The molecule has 0 amide bonds. The van der Waals surface area contributed by atoms with Gasteiger partial charge in [0.15, 0.2) is 0 Å². The first-order chi connectivity index (χ1) is 8.26. The summed E-state index contributed by atoms with van der Waals surface area (Å²) in [4.78, 5) is 16.6. The van der Waals surface area contributed by atoms with Gasteiger partial charge in [0.25, 0.3) is 0 Å². The zero-order valence-corrected chi connectivity index (χ0v) is 11.0. The number of nitrogens with one attached hydrogen (secondary N) is 1. The maximum atomic E-state index is 10.9. The first-order valence-corrected chi connectivity index (χ1v) is 6.74. The molecule has 4 heteroatoms. The molecule has 0 aromatic heterocycles. The van der Waals surface area contributed by atoms with Crippen LogP contribution < -0.4 is 5.48 Å². The lowest BCUT2D eigenvalue weighted by molar-refractivity contribution is -0.140. The van der Waals surface area contributed by atoms with E-state index in [-0.39, 0.29) is 5.97 Å². The summed E-state index contributed by atoms with van der Waals surface area (Å²) in [6.07, 6.45) is 8.63. The zero-order valence-electron chi connectivity index (χ0n) is 11.0. The first-order valence-electron chi connectivity index (χ1n) is 6.74. The molecule has 1 aliphatic rings. The number of rotatable bonds is 7. The summed E-state index contributed by atoms with van der Waals surface area (Å²) in [5.74, 6) is -0.123. The molecule has 1 fully saturated rings. The van der Waals surface area contributed by atoms with Crippen LogP contribution in [0.3, 0.4) is 0 Å². The van der Waals surface area contributed by atoms with Crippen LogP contribution in [0.1, 0.15) is 58.3 Å². The summed E-state index contributed by atoms with van der Waals surface area (Å²) in [5.41, 5.74) is 3.12. The minimum absolute atomic E-state index is 0.123. The van der Waals surface area contributed by atoms with Gasteiger partial charge in [0, 0.05) is 12.5 Å². The molecule has 0 aromatic rings. The molecular formula is C13H25NO3. The van der Waals surface area contributed by atoms with Gasteiger partial charge in [0.2, 0.25) is 0 Å². The van der Waals surface area contributed by atoms with E-state index in [2.05, 4.69) is 17.1 Å². The van der Waals surface area contributed by atoms with E-state index in [9.17, 15) is 4.79 Å². The first kappa shape index (κ1) is 14.5. The molecule has 0 bridgehead atoms. The average molecular weight is 243 g/mol. The quantitative estimate of drug-likeness (QED) is 0.698. The molecule has 0 aromatic carbocycles.